The molecule has 0 bridgehead atoms. The van der Waals surface area contributed by atoms with Gasteiger partial charge < -0.3 is 10.2 Å². The van der Waals surface area contributed by atoms with Gasteiger partial charge in [0.15, 0.2) is 0 Å². The average Bonchev–Trinajstić information content (AvgIpc) is 2.75. The van der Waals surface area contributed by atoms with E-state index >= 15 is 0 Å². The molecule has 0 saturated carbocycles. The first-order valence-corrected chi connectivity index (χ1v) is 6.32. The minimum atomic E-state index is 0.275. The molecular formula is C13H18N4O. The van der Waals surface area contributed by atoms with Crippen LogP contribution < -0.4 is 5.73 Å². The Balaban J connectivity index is 2.00. The first-order valence-electron chi connectivity index (χ1n) is 6.32. The first kappa shape index (κ1) is 11.6. The van der Waals surface area contributed by atoms with Crippen molar-refractivity contribution in [2.75, 3.05) is 13.6 Å². The van der Waals surface area contributed by atoms with Gasteiger partial charge in [-0.25, -0.2) is 9.97 Å². The number of hydrogen-bond donors (Lipinski definition) is 1. The van der Waals surface area contributed by atoms with Crippen molar-refractivity contribution in [3.05, 3.63) is 23.7 Å². The SMILES string of the molecule is Cc1nc2occc2nc1C1CCC(N)CN1C. The highest BCUT2D eigenvalue weighted by molar-refractivity contribution is 5.68. The molecule has 3 rings (SSSR count). The van der Waals surface area contributed by atoms with Gasteiger partial charge in [-0.05, 0) is 26.8 Å². The van der Waals surface area contributed by atoms with Crippen molar-refractivity contribution in [2.45, 2.75) is 31.8 Å². The van der Waals surface area contributed by atoms with Crippen LogP contribution in [0.2, 0.25) is 0 Å². The zero-order valence-electron chi connectivity index (χ0n) is 10.8. The zero-order valence-corrected chi connectivity index (χ0v) is 10.8. The molecule has 5 heteroatoms. The molecule has 0 amide bonds. The summed E-state index contributed by atoms with van der Waals surface area (Å²) < 4.78 is 5.28. The van der Waals surface area contributed by atoms with Gasteiger partial charge >= 0.3 is 0 Å². The highest BCUT2D eigenvalue weighted by Crippen LogP contribution is 2.30. The molecule has 3 heterocycles. The molecule has 0 aromatic carbocycles. The summed E-state index contributed by atoms with van der Waals surface area (Å²) in [5, 5.41) is 0. The van der Waals surface area contributed by atoms with E-state index in [4.69, 9.17) is 15.1 Å². The molecule has 1 aliphatic heterocycles. The van der Waals surface area contributed by atoms with Crippen molar-refractivity contribution in [1.82, 2.24) is 14.9 Å². The van der Waals surface area contributed by atoms with Crippen LogP contribution in [0.4, 0.5) is 0 Å². The second-order valence-electron chi connectivity index (χ2n) is 5.10. The highest BCUT2D eigenvalue weighted by atomic mass is 16.3. The minimum absolute atomic E-state index is 0.275. The number of fused-ring (bicyclic) bond motifs is 1. The summed E-state index contributed by atoms with van der Waals surface area (Å²) in [6, 6.07) is 2.45. The predicted molar refractivity (Wildman–Crippen MR) is 69.1 cm³/mol. The van der Waals surface area contributed by atoms with E-state index in [0.717, 1.165) is 36.3 Å². The summed E-state index contributed by atoms with van der Waals surface area (Å²) in [6.45, 7) is 2.90. The maximum Gasteiger partial charge on any atom is 0.245 e. The number of furan rings is 1. The summed E-state index contributed by atoms with van der Waals surface area (Å²) in [5.41, 5.74) is 9.44. The molecule has 96 valence electrons. The molecule has 2 aromatic heterocycles. The number of hydrogen-bond acceptors (Lipinski definition) is 5. The Hall–Kier alpha value is -1.46. The Bertz CT molecular complexity index is 565. The van der Waals surface area contributed by atoms with Crippen LogP contribution in [-0.2, 0) is 0 Å². The van der Waals surface area contributed by atoms with Gasteiger partial charge in [-0.2, -0.15) is 0 Å². The van der Waals surface area contributed by atoms with Crippen LogP contribution in [0.15, 0.2) is 16.7 Å². The number of nitrogens with two attached hydrogens (primary N) is 1. The normalized spacial score (nSPS) is 25.7. The molecule has 18 heavy (non-hydrogen) atoms. The van der Waals surface area contributed by atoms with Crippen LogP contribution in [-0.4, -0.2) is 34.5 Å². The molecule has 0 spiro atoms. The quantitative estimate of drug-likeness (QED) is 0.828. The minimum Gasteiger partial charge on any atom is -0.445 e. The predicted octanol–water partition coefficient (Wildman–Crippen LogP) is 1.63. The van der Waals surface area contributed by atoms with Gasteiger partial charge in [-0.3, -0.25) is 4.90 Å². The summed E-state index contributed by atoms with van der Waals surface area (Å²) in [6.07, 6.45) is 3.71. The molecule has 0 radical (unpaired) electrons. The number of likely N-dealkylation sites (tertiary alicyclic amines) is 1. The fourth-order valence-corrected chi connectivity index (χ4v) is 2.73. The highest BCUT2D eigenvalue weighted by Gasteiger charge is 2.27. The Morgan fingerprint density at radius 2 is 2.22 bits per heavy atom. The van der Waals surface area contributed by atoms with Gasteiger partial charge in [-0.15, -0.1) is 0 Å². The Kier molecular flexibility index (Phi) is 2.80. The van der Waals surface area contributed by atoms with Crippen molar-refractivity contribution < 1.29 is 4.42 Å². The van der Waals surface area contributed by atoms with Crippen molar-refractivity contribution in [1.29, 1.82) is 0 Å². The second kappa shape index (κ2) is 4.33. The summed E-state index contributed by atoms with van der Waals surface area (Å²) in [5.74, 6) is 0. The fraction of sp³-hybridized carbons (Fsp3) is 0.538. The van der Waals surface area contributed by atoms with Crippen molar-refractivity contribution in [3.8, 4) is 0 Å². The third-order valence-electron chi connectivity index (χ3n) is 3.69. The van der Waals surface area contributed by atoms with E-state index in [-0.39, 0.29) is 6.04 Å². The molecule has 5 nitrogen and oxygen atoms in total. The maximum atomic E-state index is 5.98. The van der Waals surface area contributed by atoms with E-state index in [1.54, 1.807) is 6.26 Å². The largest absolute Gasteiger partial charge is 0.445 e. The van der Waals surface area contributed by atoms with Crippen LogP contribution >= 0.6 is 0 Å². The number of likely N-dealkylation sites (N-methyl/N-ethyl adjacent to an activating group) is 1. The van der Waals surface area contributed by atoms with Crippen LogP contribution in [0.5, 0.6) is 0 Å². The average molecular weight is 246 g/mol. The lowest BCUT2D eigenvalue weighted by Crippen LogP contribution is -2.42. The molecule has 1 aliphatic rings. The maximum absolute atomic E-state index is 5.98. The van der Waals surface area contributed by atoms with Crippen molar-refractivity contribution >= 4 is 11.2 Å². The summed E-state index contributed by atoms with van der Waals surface area (Å²) >= 11 is 0. The van der Waals surface area contributed by atoms with Crippen LogP contribution in [0.1, 0.15) is 30.3 Å². The molecule has 2 aromatic rings. The molecule has 2 atom stereocenters. The van der Waals surface area contributed by atoms with E-state index in [2.05, 4.69) is 16.9 Å². The van der Waals surface area contributed by atoms with Crippen molar-refractivity contribution in [2.24, 2.45) is 5.73 Å². The Morgan fingerprint density at radius 3 is 3.00 bits per heavy atom. The summed E-state index contributed by atoms with van der Waals surface area (Å²) in [4.78, 5) is 11.4. The molecule has 2 unspecified atom stereocenters. The Labute approximate surface area is 106 Å². The van der Waals surface area contributed by atoms with Gasteiger partial charge in [-0.1, -0.05) is 0 Å². The molecule has 1 fully saturated rings. The van der Waals surface area contributed by atoms with Gasteiger partial charge in [0.05, 0.1) is 23.7 Å². The lowest BCUT2D eigenvalue weighted by atomic mass is 9.96. The molecule has 2 N–H and O–H groups in total. The van der Waals surface area contributed by atoms with E-state index in [1.165, 1.54) is 0 Å². The van der Waals surface area contributed by atoms with E-state index in [0.29, 0.717) is 11.8 Å². The number of rotatable bonds is 1. The van der Waals surface area contributed by atoms with Gasteiger partial charge in [0.25, 0.3) is 0 Å². The molecule has 0 aliphatic carbocycles. The topological polar surface area (TPSA) is 68.2 Å². The van der Waals surface area contributed by atoms with Gasteiger partial charge in [0.2, 0.25) is 5.71 Å². The fourth-order valence-electron chi connectivity index (χ4n) is 2.73. The lowest BCUT2D eigenvalue weighted by molar-refractivity contribution is 0.165. The Morgan fingerprint density at radius 1 is 1.39 bits per heavy atom. The number of aryl methyl sites for hydroxylation is 1. The van der Waals surface area contributed by atoms with Crippen LogP contribution in [0.3, 0.4) is 0 Å². The number of piperidine rings is 1. The number of aromatic nitrogens is 2. The standard InChI is InChI=1S/C13H18N4O/c1-8-12(11-4-3-9(14)7-17(11)2)16-10-5-6-18-13(10)15-8/h5-6,9,11H,3-4,7,14H2,1-2H3. The smallest absolute Gasteiger partial charge is 0.245 e. The van der Waals surface area contributed by atoms with E-state index in [1.807, 2.05) is 13.0 Å². The van der Waals surface area contributed by atoms with Crippen LogP contribution in [0.25, 0.3) is 11.2 Å². The first-order chi connectivity index (χ1) is 8.65. The van der Waals surface area contributed by atoms with Crippen LogP contribution in [0, 0.1) is 6.92 Å². The molecule has 1 saturated heterocycles. The second-order valence-corrected chi connectivity index (χ2v) is 5.10. The zero-order chi connectivity index (χ0) is 12.7. The lowest BCUT2D eigenvalue weighted by Gasteiger charge is -2.35. The monoisotopic (exact) mass is 246 g/mol. The van der Waals surface area contributed by atoms with Gasteiger partial charge in [0.1, 0.15) is 5.52 Å². The number of nitrogens with zero attached hydrogens (tertiary/aromatic N) is 3. The van der Waals surface area contributed by atoms with E-state index in [9.17, 15) is 0 Å². The molecular weight excluding hydrogens is 228 g/mol. The van der Waals surface area contributed by atoms with Crippen molar-refractivity contribution in [3.63, 3.8) is 0 Å². The van der Waals surface area contributed by atoms with E-state index < -0.39 is 0 Å². The third-order valence-corrected chi connectivity index (χ3v) is 3.69. The third kappa shape index (κ3) is 1.89. The summed E-state index contributed by atoms with van der Waals surface area (Å²) in [7, 11) is 2.10. The van der Waals surface area contributed by atoms with Gasteiger partial charge in [0, 0.05) is 18.7 Å².